The quantitative estimate of drug-likeness (QED) is 0.342. The van der Waals surface area contributed by atoms with E-state index < -0.39 is 0 Å². The number of rotatable bonds is 11. The first kappa shape index (κ1) is 26.9. The molecule has 0 fully saturated rings. The van der Waals surface area contributed by atoms with E-state index in [0.717, 1.165) is 68.7 Å². The molecule has 37 heavy (non-hydrogen) atoms. The summed E-state index contributed by atoms with van der Waals surface area (Å²) in [5, 5.41) is 17.8. The van der Waals surface area contributed by atoms with Crippen molar-refractivity contribution >= 4 is 5.82 Å². The first-order valence-corrected chi connectivity index (χ1v) is 14.1. The molecular formula is C32H43N5. The molecule has 0 aromatic carbocycles. The summed E-state index contributed by atoms with van der Waals surface area (Å²) in [5.41, 5.74) is 8.35. The van der Waals surface area contributed by atoms with E-state index in [1.807, 2.05) is 4.68 Å². The third-order valence-electron chi connectivity index (χ3n) is 8.03. The second-order valence-electron chi connectivity index (χ2n) is 11.1. The van der Waals surface area contributed by atoms with Gasteiger partial charge in [0.05, 0.1) is 11.8 Å². The molecule has 0 spiro atoms. The number of nitrogens with zero attached hydrogens (tertiary/aromatic N) is 4. The summed E-state index contributed by atoms with van der Waals surface area (Å²) in [6, 6.07) is 8.98. The first-order chi connectivity index (χ1) is 17.9. The second-order valence-corrected chi connectivity index (χ2v) is 11.1. The maximum Gasteiger partial charge on any atom is 0.129 e. The lowest BCUT2D eigenvalue weighted by Gasteiger charge is -2.29. The summed E-state index contributed by atoms with van der Waals surface area (Å²) in [7, 11) is 2.05. The normalized spacial score (nSPS) is 17.9. The molecule has 0 saturated heterocycles. The Kier molecular flexibility index (Phi) is 9.03. The van der Waals surface area contributed by atoms with Crippen molar-refractivity contribution in [1.29, 1.82) is 5.26 Å². The predicted molar refractivity (Wildman–Crippen MR) is 152 cm³/mol. The van der Waals surface area contributed by atoms with Crippen molar-refractivity contribution < 1.29 is 0 Å². The van der Waals surface area contributed by atoms with Crippen LogP contribution in [0, 0.1) is 29.1 Å². The number of nitriles is 1. The summed E-state index contributed by atoms with van der Waals surface area (Å²) < 4.78 is 2.04. The Morgan fingerprint density at radius 2 is 2.11 bits per heavy atom. The molecule has 1 aliphatic carbocycles. The van der Waals surface area contributed by atoms with Gasteiger partial charge in [0.25, 0.3) is 0 Å². The Morgan fingerprint density at radius 1 is 1.27 bits per heavy atom. The third-order valence-corrected chi connectivity index (χ3v) is 8.03. The van der Waals surface area contributed by atoms with Crippen molar-refractivity contribution in [2.24, 2.45) is 24.8 Å². The van der Waals surface area contributed by atoms with E-state index in [1.54, 1.807) is 0 Å². The maximum atomic E-state index is 9.50. The average molecular weight is 498 g/mol. The Morgan fingerprint density at radius 3 is 2.86 bits per heavy atom. The zero-order valence-corrected chi connectivity index (χ0v) is 23.2. The smallest absolute Gasteiger partial charge is 0.129 e. The lowest BCUT2D eigenvalue weighted by atomic mass is 9.76. The molecule has 2 aliphatic rings. The average Bonchev–Trinajstić information content (AvgIpc) is 3.26. The van der Waals surface area contributed by atoms with Crippen molar-refractivity contribution in [3.63, 3.8) is 0 Å². The van der Waals surface area contributed by atoms with E-state index in [4.69, 9.17) is 10.1 Å². The molecule has 2 aromatic heterocycles. The number of fused-ring (bicyclic) bond motifs is 1. The lowest BCUT2D eigenvalue weighted by molar-refractivity contribution is 0.452. The minimum atomic E-state index is 0.231. The van der Waals surface area contributed by atoms with E-state index in [9.17, 15) is 5.26 Å². The van der Waals surface area contributed by atoms with Crippen LogP contribution < -0.4 is 5.32 Å². The Hall–Kier alpha value is -3.13. The first-order valence-electron chi connectivity index (χ1n) is 14.1. The van der Waals surface area contributed by atoms with Gasteiger partial charge in [0.2, 0.25) is 0 Å². The van der Waals surface area contributed by atoms with E-state index in [2.05, 4.69) is 76.1 Å². The highest BCUT2D eigenvalue weighted by Gasteiger charge is 2.25. The number of aryl methyl sites for hydroxylation is 4. The van der Waals surface area contributed by atoms with Crippen molar-refractivity contribution in [1.82, 2.24) is 14.8 Å². The highest BCUT2D eigenvalue weighted by Crippen LogP contribution is 2.37. The van der Waals surface area contributed by atoms with E-state index in [-0.39, 0.29) is 5.92 Å². The summed E-state index contributed by atoms with van der Waals surface area (Å²) in [5.74, 6) is 2.46. The van der Waals surface area contributed by atoms with Crippen molar-refractivity contribution in [3.05, 3.63) is 76.3 Å². The summed E-state index contributed by atoms with van der Waals surface area (Å²) in [6.07, 6.45) is 13.9. The topological polar surface area (TPSA) is 66.5 Å². The fourth-order valence-electron chi connectivity index (χ4n) is 5.76. The van der Waals surface area contributed by atoms with Gasteiger partial charge in [-0.1, -0.05) is 45.6 Å². The van der Waals surface area contributed by atoms with Crippen molar-refractivity contribution in [2.45, 2.75) is 78.6 Å². The third kappa shape index (κ3) is 6.80. The van der Waals surface area contributed by atoms with Crippen LogP contribution in [-0.2, 0) is 32.7 Å². The molecule has 0 amide bonds. The van der Waals surface area contributed by atoms with Gasteiger partial charge in [-0.15, -0.1) is 0 Å². The molecule has 1 aliphatic heterocycles. The van der Waals surface area contributed by atoms with Gasteiger partial charge in [-0.25, -0.2) is 4.98 Å². The van der Waals surface area contributed by atoms with Gasteiger partial charge in [0, 0.05) is 30.6 Å². The molecule has 0 radical (unpaired) electrons. The molecule has 1 N–H and O–H groups in total. The highest BCUT2D eigenvalue weighted by atomic mass is 15.3. The molecule has 0 bridgehead atoms. The zero-order valence-electron chi connectivity index (χ0n) is 23.2. The standard InChI is InChI=1S/C32H43N5/c1-6-24-12-13-26(22(2)3)19-31(24)27(17-23(4)21-33)18-29-20-30(37(5)36-29)11-7-10-28-15-14-25-9-8-16-34-32(25)35-28/h12,14-15,19-20,22,26-27H,4,6-11,13,16-18H2,1-3,5H3,(H,34,35). The van der Waals surface area contributed by atoms with Crippen LogP contribution in [0.2, 0.25) is 0 Å². The predicted octanol–water partition coefficient (Wildman–Crippen LogP) is 6.92. The van der Waals surface area contributed by atoms with Crippen LogP contribution in [0.3, 0.4) is 0 Å². The number of allylic oxidation sites excluding steroid dienone is 5. The second kappa shape index (κ2) is 12.4. The van der Waals surface area contributed by atoms with Gasteiger partial charge in [0.15, 0.2) is 0 Å². The van der Waals surface area contributed by atoms with Crippen LogP contribution in [0.5, 0.6) is 0 Å². The van der Waals surface area contributed by atoms with Gasteiger partial charge in [-0.05, 0) is 104 Å². The fraction of sp³-hybridized carbons (Fsp3) is 0.531. The number of anilines is 1. The minimum Gasteiger partial charge on any atom is -0.370 e. The highest BCUT2D eigenvalue weighted by molar-refractivity contribution is 5.47. The van der Waals surface area contributed by atoms with Crippen molar-refractivity contribution in [2.75, 3.05) is 11.9 Å². The molecule has 0 saturated carbocycles. The van der Waals surface area contributed by atoms with Gasteiger partial charge >= 0.3 is 0 Å². The number of hydrogen-bond acceptors (Lipinski definition) is 4. The monoisotopic (exact) mass is 497 g/mol. The summed E-state index contributed by atoms with van der Waals surface area (Å²) >= 11 is 0. The van der Waals surface area contributed by atoms with Crippen LogP contribution in [0.25, 0.3) is 0 Å². The zero-order chi connectivity index (χ0) is 26.4. The van der Waals surface area contributed by atoms with Crippen molar-refractivity contribution in [3.8, 4) is 6.07 Å². The Bertz CT molecular complexity index is 1210. The van der Waals surface area contributed by atoms with Crippen LogP contribution in [0.1, 0.15) is 75.5 Å². The molecule has 196 valence electrons. The molecule has 2 aromatic rings. The van der Waals surface area contributed by atoms with E-state index in [1.165, 1.54) is 28.8 Å². The van der Waals surface area contributed by atoms with Gasteiger partial charge < -0.3 is 5.32 Å². The molecule has 5 heteroatoms. The minimum absolute atomic E-state index is 0.231. The van der Waals surface area contributed by atoms with E-state index >= 15 is 0 Å². The van der Waals surface area contributed by atoms with Crippen LogP contribution >= 0.6 is 0 Å². The van der Waals surface area contributed by atoms with Crippen LogP contribution in [0.4, 0.5) is 5.82 Å². The fourth-order valence-corrected chi connectivity index (χ4v) is 5.76. The Balaban J connectivity index is 1.45. The van der Waals surface area contributed by atoms with Crippen LogP contribution in [-0.4, -0.2) is 21.3 Å². The lowest BCUT2D eigenvalue weighted by Crippen LogP contribution is -2.18. The van der Waals surface area contributed by atoms with Gasteiger partial charge in [-0.3, -0.25) is 4.68 Å². The largest absolute Gasteiger partial charge is 0.370 e. The molecule has 2 unspecified atom stereocenters. The number of aromatic nitrogens is 3. The molecule has 4 rings (SSSR count). The van der Waals surface area contributed by atoms with Gasteiger partial charge in [0.1, 0.15) is 5.82 Å². The van der Waals surface area contributed by atoms with Crippen LogP contribution in [0.15, 0.2) is 53.6 Å². The number of nitrogens with one attached hydrogen (secondary N) is 1. The molecule has 5 nitrogen and oxygen atoms in total. The van der Waals surface area contributed by atoms with E-state index in [0.29, 0.717) is 23.8 Å². The number of pyridine rings is 1. The summed E-state index contributed by atoms with van der Waals surface area (Å²) in [6.45, 7) is 11.9. The Labute approximate surface area is 223 Å². The molecule has 2 atom stereocenters. The molecular weight excluding hydrogens is 454 g/mol. The molecule has 3 heterocycles. The summed E-state index contributed by atoms with van der Waals surface area (Å²) in [4.78, 5) is 4.85. The maximum absolute atomic E-state index is 9.50. The SMILES string of the molecule is C=C(C#N)CC(Cc1cc(CCCc2ccc3c(n2)NCCC3)n(C)n1)C1=CC(C(C)C)CC=C1CC. The van der Waals surface area contributed by atoms with Gasteiger partial charge in [-0.2, -0.15) is 10.4 Å². The number of hydrogen-bond donors (Lipinski definition) is 1.